The Morgan fingerprint density at radius 3 is 2.79 bits per heavy atom. The van der Waals surface area contributed by atoms with Crippen molar-refractivity contribution in [2.75, 3.05) is 0 Å². The number of rotatable bonds is 1. The lowest BCUT2D eigenvalue weighted by molar-refractivity contribution is -0.148. The summed E-state index contributed by atoms with van der Waals surface area (Å²) in [6, 6.07) is 0. The second-order valence-corrected chi connectivity index (χ2v) is 6.94. The average Bonchev–Trinajstić information content (AvgIpc) is 2.80. The first-order chi connectivity index (χ1) is 11.3. The molecule has 2 saturated heterocycles. The first kappa shape index (κ1) is 15.4. The Labute approximate surface area is 138 Å². The molecule has 0 spiro atoms. The lowest BCUT2D eigenvalue weighted by Gasteiger charge is -2.23. The van der Waals surface area contributed by atoms with E-state index < -0.39 is 47.7 Å². The lowest BCUT2D eigenvalue weighted by atomic mass is 9.83. The summed E-state index contributed by atoms with van der Waals surface area (Å²) in [7, 11) is 0. The summed E-state index contributed by atoms with van der Waals surface area (Å²) < 4.78 is 21.9. The maximum Gasteiger partial charge on any atom is 0.338 e. The van der Waals surface area contributed by atoms with E-state index in [4.69, 9.17) is 18.9 Å². The van der Waals surface area contributed by atoms with Gasteiger partial charge in [-0.05, 0) is 13.0 Å². The smallest absolute Gasteiger partial charge is 0.338 e. The van der Waals surface area contributed by atoms with Crippen molar-refractivity contribution in [3.63, 3.8) is 0 Å². The number of ether oxygens (including phenoxy) is 4. The van der Waals surface area contributed by atoms with Gasteiger partial charge in [-0.2, -0.15) is 0 Å². The number of hydrogen-bond acceptors (Lipinski definition) is 7. The molecule has 0 unspecified atom stereocenters. The fourth-order valence-corrected chi connectivity index (χ4v) is 3.91. The fraction of sp³-hybridized carbons (Fsp3) is 0.588. The van der Waals surface area contributed by atoms with Gasteiger partial charge in [-0.1, -0.05) is 6.58 Å². The SMILES string of the molecule is C=C1C(=O)O[C@H]2C[C@]3(C)O[C@H]3C[C@H](OC(C)=O)C3=C[C@@H](OC3=O)[C@H]12. The summed E-state index contributed by atoms with van der Waals surface area (Å²) in [5.74, 6) is -1.93. The van der Waals surface area contributed by atoms with Gasteiger partial charge in [-0.25, -0.2) is 9.59 Å². The predicted molar refractivity (Wildman–Crippen MR) is 78.5 cm³/mol. The van der Waals surface area contributed by atoms with Crippen LogP contribution in [-0.2, 0) is 33.3 Å². The predicted octanol–water partition coefficient (Wildman–Crippen LogP) is 0.819. The third kappa shape index (κ3) is 2.26. The van der Waals surface area contributed by atoms with Crippen molar-refractivity contribution in [2.45, 2.75) is 56.7 Å². The molecule has 128 valence electrons. The molecule has 2 fully saturated rings. The van der Waals surface area contributed by atoms with Crippen LogP contribution < -0.4 is 0 Å². The van der Waals surface area contributed by atoms with Gasteiger partial charge in [-0.15, -0.1) is 0 Å². The largest absolute Gasteiger partial charge is 0.458 e. The first-order valence-electron chi connectivity index (χ1n) is 7.96. The zero-order chi connectivity index (χ0) is 17.2. The van der Waals surface area contributed by atoms with Gasteiger partial charge in [0.25, 0.3) is 0 Å². The molecule has 24 heavy (non-hydrogen) atoms. The molecule has 4 aliphatic rings. The van der Waals surface area contributed by atoms with Crippen LogP contribution in [0.4, 0.5) is 0 Å². The molecule has 2 bridgehead atoms. The zero-order valence-corrected chi connectivity index (χ0v) is 13.4. The molecule has 3 aliphatic heterocycles. The number of fused-ring (bicyclic) bond motifs is 4. The minimum absolute atomic E-state index is 0.180. The van der Waals surface area contributed by atoms with Gasteiger partial charge in [0.15, 0.2) is 0 Å². The third-order valence-electron chi connectivity index (χ3n) is 5.23. The Morgan fingerprint density at radius 2 is 2.08 bits per heavy atom. The summed E-state index contributed by atoms with van der Waals surface area (Å²) in [4.78, 5) is 35.6. The van der Waals surface area contributed by atoms with Crippen molar-refractivity contribution in [1.29, 1.82) is 0 Å². The molecule has 3 heterocycles. The van der Waals surface area contributed by atoms with Crippen LogP contribution in [0, 0.1) is 5.92 Å². The van der Waals surface area contributed by atoms with Gasteiger partial charge in [0.2, 0.25) is 0 Å². The molecule has 7 heteroatoms. The Morgan fingerprint density at radius 1 is 1.33 bits per heavy atom. The van der Waals surface area contributed by atoms with Crippen LogP contribution in [-0.4, -0.2) is 47.9 Å². The summed E-state index contributed by atoms with van der Waals surface area (Å²) in [5, 5.41) is 0. The van der Waals surface area contributed by atoms with Gasteiger partial charge >= 0.3 is 17.9 Å². The van der Waals surface area contributed by atoms with Gasteiger partial charge in [0.1, 0.15) is 18.3 Å². The maximum atomic E-state index is 12.3. The summed E-state index contributed by atoms with van der Waals surface area (Å²) in [6.45, 7) is 7.02. The van der Waals surface area contributed by atoms with E-state index in [1.165, 1.54) is 6.92 Å². The van der Waals surface area contributed by atoms with E-state index >= 15 is 0 Å². The van der Waals surface area contributed by atoms with Crippen LogP contribution >= 0.6 is 0 Å². The summed E-state index contributed by atoms with van der Waals surface area (Å²) in [5.41, 5.74) is 0.105. The van der Waals surface area contributed by atoms with Gasteiger partial charge in [0.05, 0.1) is 23.2 Å². The molecule has 0 aromatic carbocycles. The normalized spacial score (nSPS) is 43.2. The summed E-state index contributed by atoms with van der Waals surface area (Å²) >= 11 is 0. The second-order valence-electron chi connectivity index (χ2n) is 6.94. The molecule has 7 nitrogen and oxygen atoms in total. The second kappa shape index (κ2) is 4.92. The van der Waals surface area contributed by atoms with Crippen LogP contribution in [0.15, 0.2) is 23.8 Å². The molecule has 1 aliphatic carbocycles. The molecule has 0 amide bonds. The van der Waals surface area contributed by atoms with Crippen molar-refractivity contribution in [3.05, 3.63) is 23.8 Å². The molecule has 0 radical (unpaired) electrons. The van der Waals surface area contributed by atoms with E-state index in [1.54, 1.807) is 6.08 Å². The Hall–Kier alpha value is -2.15. The van der Waals surface area contributed by atoms with E-state index in [2.05, 4.69) is 6.58 Å². The van der Waals surface area contributed by atoms with Crippen molar-refractivity contribution >= 4 is 17.9 Å². The van der Waals surface area contributed by atoms with E-state index in [-0.39, 0.29) is 6.10 Å². The average molecular weight is 334 g/mol. The van der Waals surface area contributed by atoms with Crippen LogP contribution in [0.2, 0.25) is 0 Å². The van der Waals surface area contributed by atoms with Crippen molar-refractivity contribution in [2.24, 2.45) is 5.92 Å². The van der Waals surface area contributed by atoms with Crippen LogP contribution in [0.5, 0.6) is 0 Å². The first-order valence-corrected chi connectivity index (χ1v) is 7.96. The zero-order valence-electron chi connectivity index (χ0n) is 13.4. The van der Waals surface area contributed by atoms with Crippen LogP contribution in [0.1, 0.15) is 26.7 Å². The monoisotopic (exact) mass is 334 g/mol. The standard InChI is InChI=1S/C17H18O7/c1-7-14-11-4-9(16(20)22-11)10(21-8(2)18)5-13-17(3,24-13)6-12(14)23-15(7)19/h4,10-14H,1,5-6H2,2-3H3/t10-,11+,12-,13-,14-,17-/m0/s1. The Balaban J connectivity index is 1.73. The Bertz CT molecular complexity index is 693. The third-order valence-corrected chi connectivity index (χ3v) is 5.23. The molecular formula is C17H18O7. The number of esters is 3. The maximum absolute atomic E-state index is 12.3. The highest BCUT2D eigenvalue weighted by Gasteiger charge is 2.60. The number of carbonyl (C=O) groups excluding carboxylic acids is 3. The van der Waals surface area contributed by atoms with Crippen molar-refractivity contribution < 1.29 is 33.3 Å². The van der Waals surface area contributed by atoms with Gasteiger partial charge < -0.3 is 18.9 Å². The molecule has 0 aromatic rings. The molecular weight excluding hydrogens is 316 g/mol. The molecule has 0 saturated carbocycles. The molecule has 0 aromatic heterocycles. The lowest BCUT2D eigenvalue weighted by Crippen LogP contribution is -2.33. The fourth-order valence-electron chi connectivity index (χ4n) is 3.91. The highest BCUT2D eigenvalue weighted by molar-refractivity contribution is 5.94. The van der Waals surface area contributed by atoms with E-state index in [9.17, 15) is 14.4 Å². The highest BCUT2D eigenvalue weighted by Crippen LogP contribution is 2.49. The molecule has 6 atom stereocenters. The minimum Gasteiger partial charge on any atom is -0.458 e. The van der Waals surface area contributed by atoms with Gasteiger partial charge in [0, 0.05) is 25.3 Å². The Kier molecular flexibility index (Phi) is 3.16. The van der Waals surface area contributed by atoms with Crippen LogP contribution in [0.3, 0.4) is 0 Å². The number of epoxide rings is 1. The number of carbonyl (C=O) groups is 3. The highest BCUT2D eigenvalue weighted by atomic mass is 16.6. The number of hydrogen-bond donors (Lipinski definition) is 0. The van der Waals surface area contributed by atoms with Gasteiger partial charge in [-0.3, -0.25) is 4.79 Å². The topological polar surface area (TPSA) is 91.4 Å². The van der Waals surface area contributed by atoms with Crippen molar-refractivity contribution in [3.8, 4) is 0 Å². The molecule has 4 rings (SSSR count). The van der Waals surface area contributed by atoms with Crippen LogP contribution in [0.25, 0.3) is 0 Å². The van der Waals surface area contributed by atoms with E-state index in [0.29, 0.717) is 24.0 Å². The van der Waals surface area contributed by atoms with E-state index in [0.717, 1.165) is 0 Å². The quantitative estimate of drug-likeness (QED) is 0.303. The van der Waals surface area contributed by atoms with Crippen molar-refractivity contribution in [1.82, 2.24) is 0 Å². The summed E-state index contributed by atoms with van der Waals surface area (Å²) in [6.07, 6.45) is 0.501. The van der Waals surface area contributed by atoms with E-state index in [1.807, 2.05) is 6.92 Å². The minimum atomic E-state index is -0.713. The molecule has 0 N–H and O–H groups in total.